The number of aromatic nitrogens is 1. The molecule has 0 fully saturated rings. The molecule has 0 aliphatic carbocycles. The molecule has 0 radical (unpaired) electrons. The van der Waals surface area contributed by atoms with Crippen LogP contribution in [0.15, 0.2) is 41.0 Å². The lowest BCUT2D eigenvalue weighted by atomic mass is 10.0. The minimum absolute atomic E-state index is 0.511. The van der Waals surface area contributed by atoms with Crippen LogP contribution in [-0.2, 0) is 6.42 Å². The summed E-state index contributed by atoms with van der Waals surface area (Å²) in [7, 11) is 3.19. The average molecular weight is 338 g/mol. The predicted molar refractivity (Wildman–Crippen MR) is 80.1 cm³/mol. The van der Waals surface area contributed by atoms with E-state index in [9.17, 15) is 5.11 Å². The Morgan fingerprint density at radius 1 is 1.20 bits per heavy atom. The van der Waals surface area contributed by atoms with Crippen molar-refractivity contribution in [3.63, 3.8) is 0 Å². The van der Waals surface area contributed by atoms with Crippen LogP contribution in [0.25, 0.3) is 0 Å². The minimum Gasteiger partial charge on any atom is -0.496 e. The first-order chi connectivity index (χ1) is 9.63. The number of hydrogen-bond donors (Lipinski definition) is 1. The van der Waals surface area contributed by atoms with Crippen molar-refractivity contribution in [1.29, 1.82) is 0 Å². The molecular formula is C15H16BrNO3. The lowest BCUT2D eigenvalue weighted by molar-refractivity contribution is 0.178. The van der Waals surface area contributed by atoms with Gasteiger partial charge in [0.05, 0.1) is 24.8 Å². The van der Waals surface area contributed by atoms with Crippen LogP contribution in [0.1, 0.15) is 17.2 Å². The SMILES string of the molecule is COc1ccc(C(O)Cc2ccc(OC)c(Br)c2)cn1. The van der Waals surface area contributed by atoms with Gasteiger partial charge in [0.25, 0.3) is 0 Å². The molecule has 1 heterocycles. The number of benzene rings is 1. The molecule has 0 saturated carbocycles. The van der Waals surface area contributed by atoms with E-state index in [1.54, 1.807) is 26.5 Å². The molecule has 0 saturated heterocycles. The zero-order valence-corrected chi connectivity index (χ0v) is 12.9. The zero-order valence-electron chi connectivity index (χ0n) is 11.3. The number of nitrogens with zero attached hydrogens (tertiary/aromatic N) is 1. The molecule has 106 valence electrons. The first-order valence-corrected chi connectivity index (χ1v) is 6.93. The maximum atomic E-state index is 10.2. The third-order valence-electron chi connectivity index (χ3n) is 3.00. The first-order valence-electron chi connectivity index (χ1n) is 6.14. The van der Waals surface area contributed by atoms with Crippen LogP contribution in [0.5, 0.6) is 11.6 Å². The van der Waals surface area contributed by atoms with E-state index in [-0.39, 0.29) is 0 Å². The van der Waals surface area contributed by atoms with E-state index >= 15 is 0 Å². The second-order valence-electron chi connectivity index (χ2n) is 4.32. The van der Waals surface area contributed by atoms with Gasteiger partial charge in [-0.25, -0.2) is 4.98 Å². The maximum Gasteiger partial charge on any atom is 0.212 e. The quantitative estimate of drug-likeness (QED) is 0.910. The summed E-state index contributed by atoms with van der Waals surface area (Å²) in [6.45, 7) is 0. The Balaban J connectivity index is 2.10. The molecule has 1 atom stereocenters. The third kappa shape index (κ3) is 3.49. The van der Waals surface area contributed by atoms with Crippen molar-refractivity contribution in [2.45, 2.75) is 12.5 Å². The molecule has 2 aromatic rings. The van der Waals surface area contributed by atoms with Gasteiger partial charge in [0.15, 0.2) is 0 Å². The lowest BCUT2D eigenvalue weighted by Gasteiger charge is -2.12. The molecule has 0 bridgehead atoms. The Morgan fingerprint density at radius 3 is 2.55 bits per heavy atom. The van der Waals surface area contributed by atoms with Crippen molar-refractivity contribution in [1.82, 2.24) is 4.98 Å². The van der Waals surface area contributed by atoms with Gasteiger partial charge >= 0.3 is 0 Å². The highest BCUT2D eigenvalue weighted by molar-refractivity contribution is 9.10. The Hall–Kier alpha value is -1.59. The number of aliphatic hydroxyl groups is 1. The molecular weight excluding hydrogens is 322 g/mol. The van der Waals surface area contributed by atoms with Crippen LogP contribution in [0.4, 0.5) is 0 Å². The molecule has 4 nitrogen and oxygen atoms in total. The molecule has 1 unspecified atom stereocenters. The number of halogens is 1. The molecule has 1 N–H and O–H groups in total. The lowest BCUT2D eigenvalue weighted by Crippen LogP contribution is -2.03. The third-order valence-corrected chi connectivity index (χ3v) is 3.62. The average Bonchev–Trinajstić information content (AvgIpc) is 2.47. The van der Waals surface area contributed by atoms with Gasteiger partial charge in [-0.3, -0.25) is 0 Å². The smallest absolute Gasteiger partial charge is 0.212 e. The van der Waals surface area contributed by atoms with Crippen LogP contribution in [0, 0.1) is 0 Å². The van der Waals surface area contributed by atoms with Crippen molar-refractivity contribution < 1.29 is 14.6 Å². The summed E-state index contributed by atoms with van der Waals surface area (Å²) < 4.78 is 11.1. The number of methoxy groups -OCH3 is 2. The second kappa shape index (κ2) is 6.72. The zero-order chi connectivity index (χ0) is 14.5. The summed E-state index contributed by atoms with van der Waals surface area (Å²) in [5.41, 5.74) is 1.78. The molecule has 0 amide bonds. The first kappa shape index (κ1) is 14.8. The van der Waals surface area contributed by atoms with E-state index in [1.807, 2.05) is 24.3 Å². The Bertz CT molecular complexity index is 572. The molecule has 0 aliphatic heterocycles. The fraction of sp³-hybridized carbons (Fsp3) is 0.267. The monoisotopic (exact) mass is 337 g/mol. The number of rotatable bonds is 5. The summed E-state index contributed by atoms with van der Waals surface area (Å²) >= 11 is 3.44. The summed E-state index contributed by atoms with van der Waals surface area (Å²) in [6, 6.07) is 9.30. The van der Waals surface area contributed by atoms with Gasteiger partial charge < -0.3 is 14.6 Å². The Labute approximate surface area is 126 Å². The number of aliphatic hydroxyl groups excluding tert-OH is 1. The molecule has 0 aliphatic rings. The largest absolute Gasteiger partial charge is 0.496 e. The van der Waals surface area contributed by atoms with Crippen LogP contribution < -0.4 is 9.47 Å². The molecule has 20 heavy (non-hydrogen) atoms. The highest BCUT2D eigenvalue weighted by Gasteiger charge is 2.11. The number of hydrogen-bond acceptors (Lipinski definition) is 4. The molecule has 1 aromatic heterocycles. The molecule has 1 aromatic carbocycles. The van der Waals surface area contributed by atoms with E-state index in [0.717, 1.165) is 21.3 Å². The summed E-state index contributed by atoms with van der Waals surface area (Å²) in [4.78, 5) is 4.09. The second-order valence-corrected chi connectivity index (χ2v) is 5.18. The standard InChI is InChI=1S/C15H16BrNO3/c1-19-14-5-3-10(7-12(14)16)8-13(18)11-4-6-15(20-2)17-9-11/h3-7,9,13,18H,8H2,1-2H3. The van der Waals surface area contributed by atoms with Crippen molar-refractivity contribution in [2.75, 3.05) is 14.2 Å². The maximum absolute atomic E-state index is 10.2. The molecule has 5 heteroatoms. The van der Waals surface area contributed by atoms with Gasteiger partial charge in [0, 0.05) is 18.7 Å². The van der Waals surface area contributed by atoms with Crippen LogP contribution in [0.2, 0.25) is 0 Å². The van der Waals surface area contributed by atoms with Gasteiger partial charge in [-0.15, -0.1) is 0 Å². The van der Waals surface area contributed by atoms with Crippen LogP contribution in [-0.4, -0.2) is 24.3 Å². The van der Waals surface area contributed by atoms with E-state index < -0.39 is 6.10 Å². The van der Waals surface area contributed by atoms with Gasteiger partial charge in [-0.2, -0.15) is 0 Å². The molecule has 0 spiro atoms. The van der Waals surface area contributed by atoms with E-state index in [1.165, 1.54) is 0 Å². The van der Waals surface area contributed by atoms with Crippen LogP contribution in [0.3, 0.4) is 0 Å². The minimum atomic E-state index is -0.603. The van der Waals surface area contributed by atoms with Gasteiger partial charge in [0.2, 0.25) is 5.88 Å². The Morgan fingerprint density at radius 2 is 2.00 bits per heavy atom. The van der Waals surface area contributed by atoms with Gasteiger partial charge in [-0.05, 0) is 45.3 Å². The van der Waals surface area contributed by atoms with E-state index in [0.29, 0.717) is 12.3 Å². The van der Waals surface area contributed by atoms with Crippen molar-refractivity contribution >= 4 is 15.9 Å². The van der Waals surface area contributed by atoms with Crippen molar-refractivity contribution in [2.24, 2.45) is 0 Å². The van der Waals surface area contributed by atoms with Crippen molar-refractivity contribution in [3.8, 4) is 11.6 Å². The van der Waals surface area contributed by atoms with E-state index in [2.05, 4.69) is 20.9 Å². The normalized spacial score (nSPS) is 12.0. The van der Waals surface area contributed by atoms with Crippen LogP contribution >= 0.6 is 15.9 Å². The fourth-order valence-corrected chi connectivity index (χ4v) is 2.48. The Kier molecular flexibility index (Phi) is 4.98. The highest BCUT2D eigenvalue weighted by Crippen LogP contribution is 2.27. The van der Waals surface area contributed by atoms with E-state index in [4.69, 9.17) is 9.47 Å². The molecule has 2 rings (SSSR count). The summed E-state index contributed by atoms with van der Waals surface area (Å²) in [6.07, 6.45) is 1.53. The number of pyridine rings is 1. The summed E-state index contributed by atoms with van der Waals surface area (Å²) in [5, 5.41) is 10.2. The highest BCUT2D eigenvalue weighted by atomic mass is 79.9. The van der Waals surface area contributed by atoms with Gasteiger partial charge in [-0.1, -0.05) is 6.07 Å². The topological polar surface area (TPSA) is 51.6 Å². The predicted octanol–water partition coefficient (Wildman–Crippen LogP) is 3.14. The summed E-state index contributed by atoms with van der Waals surface area (Å²) in [5.74, 6) is 1.31. The fourth-order valence-electron chi connectivity index (χ4n) is 1.89. The van der Waals surface area contributed by atoms with Gasteiger partial charge in [0.1, 0.15) is 5.75 Å². The van der Waals surface area contributed by atoms with Crippen molar-refractivity contribution in [3.05, 3.63) is 52.1 Å². The number of ether oxygens (including phenoxy) is 2.